The highest BCUT2D eigenvalue weighted by atomic mass is 16.5. The summed E-state index contributed by atoms with van der Waals surface area (Å²) >= 11 is 0. The first-order valence-electron chi connectivity index (χ1n) is 6.87. The first-order valence-corrected chi connectivity index (χ1v) is 6.87. The first kappa shape index (κ1) is 15.6. The van der Waals surface area contributed by atoms with Gasteiger partial charge in [-0.25, -0.2) is 4.79 Å². The van der Waals surface area contributed by atoms with Crippen molar-refractivity contribution in [2.75, 3.05) is 7.11 Å². The number of hydrogen-bond donors (Lipinski definition) is 1. The fraction of sp³-hybridized carbons (Fsp3) is 0.167. The average Bonchev–Trinajstić information content (AvgIpc) is 2.52. The number of carboxylic acid groups (broad SMARTS) is 1. The maximum atomic E-state index is 10.7. The molecule has 0 spiro atoms. The number of carboxylic acids is 1. The number of aryl methyl sites for hydroxylation is 1. The molecule has 0 saturated carbocycles. The minimum absolute atomic E-state index is 0.390. The van der Waals surface area contributed by atoms with Gasteiger partial charge in [-0.3, -0.25) is 0 Å². The fourth-order valence-electron chi connectivity index (χ4n) is 2.06. The molecule has 0 aliphatic carbocycles. The highest BCUT2D eigenvalue weighted by Crippen LogP contribution is 2.32. The Morgan fingerprint density at radius 2 is 1.95 bits per heavy atom. The molecular formula is C18H18O4. The first-order chi connectivity index (χ1) is 10.6. The van der Waals surface area contributed by atoms with E-state index in [-0.39, 0.29) is 0 Å². The largest absolute Gasteiger partial charge is 0.493 e. The van der Waals surface area contributed by atoms with Gasteiger partial charge >= 0.3 is 5.97 Å². The Labute approximate surface area is 129 Å². The molecular weight excluding hydrogens is 280 g/mol. The van der Waals surface area contributed by atoms with Crippen LogP contribution in [-0.2, 0) is 11.4 Å². The van der Waals surface area contributed by atoms with E-state index in [0.29, 0.717) is 23.7 Å². The molecule has 114 valence electrons. The molecule has 0 fully saturated rings. The number of methoxy groups -OCH3 is 1. The Kier molecular flexibility index (Phi) is 5.20. The van der Waals surface area contributed by atoms with Crippen LogP contribution >= 0.6 is 0 Å². The summed E-state index contributed by atoms with van der Waals surface area (Å²) in [5, 5.41) is 8.78. The van der Waals surface area contributed by atoms with Gasteiger partial charge in [0.15, 0.2) is 11.5 Å². The maximum Gasteiger partial charge on any atom is 0.328 e. The van der Waals surface area contributed by atoms with E-state index >= 15 is 0 Å². The molecule has 0 unspecified atom stereocenters. The van der Waals surface area contributed by atoms with Gasteiger partial charge in [0.2, 0.25) is 0 Å². The van der Waals surface area contributed by atoms with Gasteiger partial charge in [-0.05, 0) is 30.2 Å². The number of ether oxygens (including phenoxy) is 2. The molecule has 4 nitrogen and oxygen atoms in total. The molecule has 0 radical (unpaired) electrons. The zero-order chi connectivity index (χ0) is 15.9. The Morgan fingerprint density at radius 3 is 2.64 bits per heavy atom. The smallest absolute Gasteiger partial charge is 0.328 e. The quantitative estimate of drug-likeness (QED) is 0.827. The SMILES string of the molecule is COc1cccc(C=CC(=O)O)c1OCc1ccccc1C. The molecule has 0 aliphatic rings. The fourth-order valence-corrected chi connectivity index (χ4v) is 2.06. The van der Waals surface area contributed by atoms with Crippen molar-refractivity contribution in [3.63, 3.8) is 0 Å². The molecule has 4 heteroatoms. The predicted molar refractivity (Wildman–Crippen MR) is 85.2 cm³/mol. The highest BCUT2D eigenvalue weighted by Gasteiger charge is 2.10. The third kappa shape index (κ3) is 3.88. The Morgan fingerprint density at radius 1 is 1.18 bits per heavy atom. The summed E-state index contributed by atoms with van der Waals surface area (Å²) < 4.78 is 11.2. The van der Waals surface area contributed by atoms with E-state index in [0.717, 1.165) is 17.2 Å². The highest BCUT2D eigenvalue weighted by molar-refractivity contribution is 5.86. The van der Waals surface area contributed by atoms with E-state index in [4.69, 9.17) is 14.6 Å². The van der Waals surface area contributed by atoms with Crippen molar-refractivity contribution in [3.8, 4) is 11.5 Å². The van der Waals surface area contributed by atoms with E-state index in [2.05, 4.69) is 0 Å². The molecule has 1 N–H and O–H groups in total. The van der Waals surface area contributed by atoms with Crippen LogP contribution in [0, 0.1) is 6.92 Å². The van der Waals surface area contributed by atoms with Crippen molar-refractivity contribution in [2.24, 2.45) is 0 Å². The molecule has 2 aromatic rings. The van der Waals surface area contributed by atoms with Gasteiger partial charge in [0.25, 0.3) is 0 Å². The lowest BCUT2D eigenvalue weighted by atomic mass is 10.1. The number of carbonyl (C=O) groups is 1. The zero-order valence-corrected chi connectivity index (χ0v) is 12.6. The van der Waals surface area contributed by atoms with Crippen molar-refractivity contribution >= 4 is 12.0 Å². The molecule has 0 saturated heterocycles. The normalized spacial score (nSPS) is 10.6. The van der Waals surface area contributed by atoms with Gasteiger partial charge in [0, 0.05) is 11.6 Å². The predicted octanol–water partition coefficient (Wildman–Crippen LogP) is 3.68. The Balaban J connectivity index is 2.28. The van der Waals surface area contributed by atoms with Crippen LogP contribution in [0.25, 0.3) is 6.08 Å². The van der Waals surface area contributed by atoms with Gasteiger partial charge in [0.1, 0.15) is 6.61 Å². The lowest BCUT2D eigenvalue weighted by molar-refractivity contribution is -0.131. The van der Waals surface area contributed by atoms with Crippen LogP contribution in [0.2, 0.25) is 0 Å². The second-order valence-electron chi connectivity index (χ2n) is 4.77. The van der Waals surface area contributed by atoms with Crippen LogP contribution in [0.5, 0.6) is 11.5 Å². The van der Waals surface area contributed by atoms with E-state index in [1.54, 1.807) is 25.3 Å². The number of rotatable bonds is 6. The third-order valence-electron chi connectivity index (χ3n) is 3.27. The zero-order valence-electron chi connectivity index (χ0n) is 12.6. The van der Waals surface area contributed by atoms with Crippen LogP contribution in [0.15, 0.2) is 48.5 Å². The summed E-state index contributed by atoms with van der Waals surface area (Å²) in [7, 11) is 1.56. The van der Waals surface area contributed by atoms with Crippen LogP contribution in [0.3, 0.4) is 0 Å². The molecule has 0 heterocycles. The molecule has 2 rings (SSSR count). The third-order valence-corrected chi connectivity index (χ3v) is 3.27. The van der Waals surface area contributed by atoms with Crippen LogP contribution in [-0.4, -0.2) is 18.2 Å². The number of para-hydroxylation sites is 1. The number of benzene rings is 2. The van der Waals surface area contributed by atoms with Gasteiger partial charge < -0.3 is 14.6 Å². The maximum absolute atomic E-state index is 10.7. The van der Waals surface area contributed by atoms with Crippen LogP contribution < -0.4 is 9.47 Å². The number of aliphatic carboxylic acids is 1. The summed E-state index contributed by atoms with van der Waals surface area (Å²) in [6.07, 6.45) is 2.58. The molecule has 0 aliphatic heterocycles. The van der Waals surface area contributed by atoms with Crippen LogP contribution in [0.1, 0.15) is 16.7 Å². The van der Waals surface area contributed by atoms with Crippen molar-refractivity contribution in [3.05, 3.63) is 65.2 Å². The van der Waals surface area contributed by atoms with Crippen molar-refractivity contribution in [1.82, 2.24) is 0 Å². The van der Waals surface area contributed by atoms with Gasteiger partial charge in [-0.1, -0.05) is 36.4 Å². The van der Waals surface area contributed by atoms with Gasteiger partial charge in [-0.2, -0.15) is 0 Å². The summed E-state index contributed by atoms with van der Waals surface area (Å²) in [6.45, 7) is 2.41. The van der Waals surface area contributed by atoms with Crippen molar-refractivity contribution < 1.29 is 19.4 Å². The minimum atomic E-state index is -1.01. The summed E-state index contributed by atoms with van der Waals surface area (Å²) in [4.78, 5) is 10.7. The van der Waals surface area contributed by atoms with Gasteiger partial charge in [0.05, 0.1) is 7.11 Å². The lowest BCUT2D eigenvalue weighted by Gasteiger charge is -2.14. The molecule has 22 heavy (non-hydrogen) atoms. The van der Waals surface area contributed by atoms with Gasteiger partial charge in [-0.15, -0.1) is 0 Å². The van der Waals surface area contributed by atoms with Crippen molar-refractivity contribution in [2.45, 2.75) is 13.5 Å². The topological polar surface area (TPSA) is 55.8 Å². The average molecular weight is 298 g/mol. The molecule has 0 atom stereocenters. The molecule has 0 amide bonds. The molecule has 0 aromatic heterocycles. The standard InChI is InChI=1S/C18H18O4/c1-13-6-3-4-7-15(13)12-22-18-14(10-11-17(19)20)8-5-9-16(18)21-2/h3-11H,12H2,1-2H3,(H,19,20). The monoisotopic (exact) mass is 298 g/mol. The summed E-state index contributed by atoms with van der Waals surface area (Å²) in [6, 6.07) is 13.3. The minimum Gasteiger partial charge on any atom is -0.493 e. The second-order valence-corrected chi connectivity index (χ2v) is 4.77. The molecule has 2 aromatic carbocycles. The van der Waals surface area contributed by atoms with E-state index in [9.17, 15) is 4.79 Å². The second kappa shape index (κ2) is 7.31. The van der Waals surface area contributed by atoms with Crippen molar-refractivity contribution in [1.29, 1.82) is 0 Å². The van der Waals surface area contributed by atoms with E-state index in [1.807, 2.05) is 31.2 Å². The summed E-state index contributed by atoms with van der Waals surface area (Å²) in [5.41, 5.74) is 2.87. The lowest BCUT2D eigenvalue weighted by Crippen LogP contribution is -2.01. The number of hydrogen-bond acceptors (Lipinski definition) is 3. The Bertz CT molecular complexity index is 689. The summed E-state index contributed by atoms with van der Waals surface area (Å²) in [5.74, 6) is 0.0968. The Hall–Kier alpha value is -2.75. The van der Waals surface area contributed by atoms with E-state index < -0.39 is 5.97 Å². The molecule has 0 bridgehead atoms. The van der Waals surface area contributed by atoms with E-state index in [1.165, 1.54) is 6.08 Å². The van der Waals surface area contributed by atoms with Crippen LogP contribution in [0.4, 0.5) is 0 Å².